The molecule has 0 bridgehead atoms. The highest BCUT2D eigenvalue weighted by atomic mass is 16.3. The summed E-state index contributed by atoms with van der Waals surface area (Å²) in [4.78, 5) is 8.74. The molecule has 0 fully saturated rings. The van der Waals surface area contributed by atoms with Crippen LogP contribution in [0.5, 0.6) is 0 Å². The van der Waals surface area contributed by atoms with Gasteiger partial charge in [-0.3, -0.25) is 0 Å². The van der Waals surface area contributed by atoms with E-state index in [0.717, 1.165) is 5.56 Å². The number of aromatic nitrogens is 2. The molecule has 0 amide bonds. The van der Waals surface area contributed by atoms with Crippen LogP contribution in [0.25, 0.3) is 11.4 Å². The summed E-state index contributed by atoms with van der Waals surface area (Å²) >= 11 is 0. The summed E-state index contributed by atoms with van der Waals surface area (Å²) in [6.45, 7) is 0.789. The van der Waals surface area contributed by atoms with Gasteiger partial charge in [-0.2, -0.15) is 0 Å². The normalized spacial score (nSPS) is 10.2. The smallest absolute Gasteiger partial charge is 0.163 e. The van der Waals surface area contributed by atoms with Crippen molar-refractivity contribution in [1.29, 1.82) is 0 Å². The van der Waals surface area contributed by atoms with Crippen LogP contribution in [0.2, 0.25) is 0 Å². The fourth-order valence-corrected chi connectivity index (χ4v) is 1.62. The summed E-state index contributed by atoms with van der Waals surface area (Å²) in [5.41, 5.74) is 3.45. The van der Waals surface area contributed by atoms with Crippen molar-refractivity contribution >= 4 is 11.6 Å². The Hall–Kier alpha value is -2.18. The number of hydrogen-bond acceptors (Lipinski definition) is 6. The second kappa shape index (κ2) is 6.67. The van der Waals surface area contributed by atoms with Crippen LogP contribution >= 0.6 is 0 Å². The molecule has 0 atom stereocenters. The maximum absolute atomic E-state index is 8.77. The first-order valence-electron chi connectivity index (χ1n) is 6.09. The molecular weight excluding hydrogens is 242 g/mol. The number of nitrogen functional groups attached to an aromatic ring is 1. The predicted molar refractivity (Wildman–Crippen MR) is 75.5 cm³/mol. The van der Waals surface area contributed by atoms with E-state index in [1.54, 1.807) is 6.07 Å². The van der Waals surface area contributed by atoms with Crippen LogP contribution in [-0.4, -0.2) is 28.2 Å². The van der Waals surface area contributed by atoms with Gasteiger partial charge < -0.3 is 15.8 Å². The third kappa shape index (κ3) is 3.64. The third-order valence-corrected chi connectivity index (χ3v) is 2.55. The van der Waals surface area contributed by atoms with Gasteiger partial charge in [0.1, 0.15) is 11.6 Å². The summed E-state index contributed by atoms with van der Waals surface area (Å²) in [6, 6.07) is 11.4. The van der Waals surface area contributed by atoms with E-state index in [1.165, 1.54) is 0 Å². The Morgan fingerprint density at radius 2 is 1.84 bits per heavy atom. The van der Waals surface area contributed by atoms with E-state index in [2.05, 4.69) is 20.7 Å². The number of hydrogen-bond donors (Lipinski definition) is 4. The van der Waals surface area contributed by atoms with E-state index in [9.17, 15) is 0 Å². The molecule has 1 aromatic carbocycles. The summed E-state index contributed by atoms with van der Waals surface area (Å²) in [5.74, 6) is 7.23. The molecule has 100 valence electrons. The SMILES string of the molecule is NNc1cc(NCCCO)nc(-c2ccccc2)n1. The van der Waals surface area contributed by atoms with Gasteiger partial charge in [-0.25, -0.2) is 15.8 Å². The van der Waals surface area contributed by atoms with Crippen molar-refractivity contribution in [2.75, 3.05) is 23.9 Å². The van der Waals surface area contributed by atoms with E-state index < -0.39 is 0 Å². The van der Waals surface area contributed by atoms with Gasteiger partial charge >= 0.3 is 0 Å². The highest BCUT2D eigenvalue weighted by Gasteiger charge is 2.05. The highest BCUT2D eigenvalue weighted by Crippen LogP contribution is 2.19. The molecule has 0 saturated carbocycles. The number of aliphatic hydroxyl groups excluding tert-OH is 1. The van der Waals surface area contributed by atoms with Gasteiger partial charge in [0.15, 0.2) is 5.82 Å². The molecule has 19 heavy (non-hydrogen) atoms. The molecule has 1 aromatic heterocycles. The summed E-state index contributed by atoms with van der Waals surface area (Å²) < 4.78 is 0. The van der Waals surface area contributed by atoms with Crippen LogP contribution in [0, 0.1) is 0 Å². The van der Waals surface area contributed by atoms with Crippen molar-refractivity contribution in [1.82, 2.24) is 9.97 Å². The number of nitrogens with zero attached hydrogens (tertiary/aromatic N) is 2. The molecule has 0 aliphatic heterocycles. The molecule has 0 unspecified atom stereocenters. The first kappa shape index (κ1) is 13.3. The summed E-state index contributed by atoms with van der Waals surface area (Å²) in [5, 5.41) is 11.9. The minimum atomic E-state index is 0.144. The highest BCUT2D eigenvalue weighted by molar-refractivity contribution is 5.60. The van der Waals surface area contributed by atoms with E-state index in [4.69, 9.17) is 10.9 Å². The molecule has 0 aliphatic rings. The second-order valence-electron chi connectivity index (χ2n) is 3.98. The maximum Gasteiger partial charge on any atom is 0.163 e. The Balaban J connectivity index is 2.26. The Kier molecular flexibility index (Phi) is 4.66. The van der Waals surface area contributed by atoms with Gasteiger partial charge in [0, 0.05) is 24.8 Å². The average molecular weight is 259 g/mol. The lowest BCUT2D eigenvalue weighted by atomic mass is 10.2. The Morgan fingerprint density at radius 3 is 2.53 bits per heavy atom. The van der Waals surface area contributed by atoms with Crippen molar-refractivity contribution in [2.24, 2.45) is 5.84 Å². The van der Waals surface area contributed by atoms with Gasteiger partial charge in [-0.1, -0.05) is 30.3 Å². The van der Waals surface area contributed by atoms with Gasteiger partial charge in [0.05, 0.1) is 0 Å². The predicted octanol–water partition coefficient (Wildman–Crippen LogP) is 1.22. The maximum atomic E-state index is 8.77. The molecule has 2 rings (SSSR count). The Morgan fingerprint density at radius 1 is 1.11 bits per heavy atom. The van der Waals surface area contributed by atoms with E-state index in [1.807, 2.05) is 30.3 Å². The minimum Gasteiger partial charge on any atom is -0.396 e. The van der Waals surface area contributed by atoms with Crippen LogP contribution in [0.4, 0.5) is 11.6 Å². The summed E-state index contributed by atoms with van der Waals surface area (Å²) in [6.07, 6.45) is 0.663. The topological polar surface area (TPSA) is 96.1 Å². The average Bonchev–Trinajstić information content (AvgIpc) is 2.48. The van der Waals surface area contributed by atoms with Crippen molar-refractivity contribution < 1.29 is 5.11 Å². The zero-order valence-electron chi connectivity index (χ0n) is 10.5. The standard InChI is InChI=1S/C13H17N5O/c14-18-12-9-11(15-7-4-8-19)16-13(17-12)10-5-2-1-3-6-10/h1-3,5-6,9,19H,4,7-8,14H2,(H2,15,16,17,18). The molecule has 6 heteroatoms. The first-order valence-corrected chi connectivity index (χ1v) is 6.09. The molecular formula is C13H17N5O. The monoisotopic (exact) mass is 259 g/mol. The van der Waals surface area contributed by atoms with Crippen LogP contribution in [0.15, 0.2) is 36.4 Å². The molecule has 5 N–H and O–H groups in total. The Bertz CT molecular complexity index is 518. The number of anilines is 2. The van der Waals surface area contributed by atoms with Gasteiger partial charge in [0.2, 0.25) is 0 Å². The molecule has 0 spiro atoms. The van der Waals surface area contributed by atoms with Crippen molar-refractivity contribution in [3.8, 4) is 11.4 Å². The fourth-order valence-electron chi connectivity index (χ4n) is 1.62. The quantitative estimate of drug-likeness (QED) is 0.354. The van der Waals surface area contributed by atoms with E-state index in [-0.39, 0.29) is 6.61 Å². The Labute approximate surface area is 111 Å². The van der Waals surface area contributed by atoms with Crippen LogP contribution < -0.4 is 16.6 Å². The zero-order chi connectivity index (χ0) is 13.5. The number of nitrogens with two attached hydrogens (primary N) is 1. The third-order valence-electron chi connectivity index (χ3n) is 2.55. The van der Waals surface area contributed by atoms with E-state index in [0.29, 0.717) is 30.4 Å². The lowest BCUT2D eigenvalue weighted by molar-refractivity contribution is 0.292. The van der Waals surface area contributed by atoms with Crippen molar-refractivity contribution in [3.63, 3.8) is 0 Å². The van der Waals surface area contributed by atoms with Crippen LogP contribution in [0.3, 0.4) is 0 Å². The molecule has 0 aliphatic carbocycles. The number of rotatable bonds is 6. The number of nitrogens with one attached hydrogen (secondary N) is 2. The second-order valence-corrected chi connectivity index (χ2v) is 3.98. The zero-order valence-corrected chi connectivity index (χ0v) is 10.5. The fraction of sp³-hybridized carbons (Fsp3) is 0.231. The summed E-state index contributed by atoms with van der Waals surface area (Å²) in [7, 11) is 0. The first-order chi connectivity index (χ1) is 9.33. The molecule has 0 saturated heterocycles. The van der Waals surface area contributed by atoms with Crippen LogP contribution in [0.1, 0.15) is 6.42 Å². The minimum absolute atomic E-state index is 0.144. The lowest BCUT2D eigenvalue weighted by Gasteiger charge is -2.09. The molecule has 6 nitrogen and oxygen atoms in total. The molecule has 2 aromatic rings. The molecule has 1 heterocycles. The van der Waals surface area contributed by atoms with Gasteiger partial charge in [-0.15, -0.1) is 0 Å². The number of benzene rings is 1. The van der Waals surface area contributed by atoms with Gasteiger partial charge in [-0.05, 0) is 6.42 Å². The lowest BCUT2D eigenvalue weighted by Crippen LogP contribution is -2.12. The largest absolute Gasteiger partial charge is 0.396 e. The van der Waals surface area contributed by atoms with Gasteiger partial charge in [0.25, 0.3) is 0 Å². The van der Waals surface area contributed by atoms with Crippen molar-refractivity contribution in [3.05, 3.63) is 36.4 Å². The van der Waals surface area contributed by atoms with Crippen LogP contribution in [-0.2, 0) is 0 Å². The number of hydrazine groups is 1. The number of aliphatic hydroxyl groups is 1. The van der Waals surface area contributed by atoms with Crippen molar-refractivity contribution in [2.45, 2.75) is 6.42 Å². The van der Waals surface area contributed by atoms with E-state index >= 15 is 0 Å². The molecule has 0 radical (unpaired) electrons.